The van der Waals surface area contributed by atoms with Gasteiger partial charge in [0.15, 0.2) is 0 Å². The molecule has 176 valence electrons. The van der Waals surface area contributed by atoms with Crippen LogP contribution in [0.2, 0.25) is 10.0 Å². The van der Waals surface area contributed by atoms with Gasteiger partial charge in [-0.1, -0.05) is 29.3 Å². The van der Waals surface area contributed by atoms with Gasteiger partial charge in [-0.2, -0.15) is 5.10 Å². The number of rotatable bonds is 7. The second-order valence-electron chi connectivity index (χ2n) is 8.40. The van der Waals surface area contributed by atoms with E-state index in [4.69, 9.17) is 23.2 Å². The van der Waals surface area contributed by atoms with E-state index in [1.165, 1.54) is 23.4 Å². The number of halogens is 4. The maximum absolute atomic E-state index is 14.8. The van der Waals surface area contributed by atoms with E-state index in [0.717, 1.165) is 30.7 Å². The molecule has 1 saturated heterocycles. The van der Waals surface area contributed by atoms with Crippen LogP contribution in [0, 0.1) is 11.6 Å². The van der Waals surface area contributed by atoms with Crippen LogP contribution in [0.4, 0.5) is 14.5 Å². The van der Waals surface area contributed by atoms with E-state index in [1.54, 1.807) is 12.1 Å². The normalized spacial score (nSPS) is 18.1. The molecule has 0 saturated carbocycles. The predicted molar refractivity (Wildman–Crippen MR) is 124 cm³/mol. The molecule has 10 heteroatoms. The van der Waals surface area contributed by atoms with E-state index in [0.29, 0.717) is 23.1 Å². The Labute approximate surface area is 201 Å². The predicted octanol–water partition coefficient (Wildman–Crippen LogP) is 4.72. The molecular weight excluding hydrogens is 471 g/mol. The molecule has 0 aliphatic carbocycles. The van der Waals surface area contributed by atoms with Gasteiger partial charge in [0, 0.05) is 41.8 Å². The Hall–Kier alpha value is -2.26. The highest BCUT2D eigenvalue weighted by Gasteiger charge is 2.42. The van der Waals surface area contributed by atoms with Crippen molar-refractivity contribution in [2.24, 2.45) is 0 Å². The van der Waals surface area contributed by atoms with Gasteiger partial charge in [0.25, 0.3) is 0 Å². The summed E-state index contributed by atoms with van der Waals surface area (Å²) < 4.78 is 29.8. The number of likely N-dealkylation sites (tertiary alicyclic amines) is 1. The molecule has 0 radical (unpaired) electrons. The SMILES string of the molecule is C[C@@H](N1CCC(Nc2ccc(Cl)cc2Cl)CC1)[C@](O)(Cn1cncn1)c1ccc(F)cc1F. The van der Waals surface area contributed by atoms with E-state index in [-0.39, 0.29) is 18.2 Å². The first-order valence-corrected chi connectivity index (χ1v) is 11.5. The van der Waals surface area contributed by atoms with Crippen LogP contribution in [0.3, 0.4) is 0 Å². The van der Waals surface area contributed by atoms with Crippen LogP contribution in [-0.4, -0.2) is 49.9 Å². The maximum Gasteiger partial charge on any atom is 0.137 e. The van der Waals surface area contributed by atoms with Gasteiger partial charge in [-0.25, -0.2) is 18.4 Å². The molecule has 1 aliphatic rings. The Morgan fingerprint density at radius 3 is 2.58 bits per heavy atom. The number of benzene rings is 2. The third kappa shape index (κ3) is 5.30. The Kier molecular flexibility index (Phi) is 7.19. The van der Waals surface area contributed by atoms with Crippen LogP contribution in [-0.2, 0) is 12.1 Å². The topological polar surface area (TPSA) is 66.2 Å². The van der Waals surface area contributed by atoms with Gasteiger partial charge in [0.2, 0.25) is 0 Å². The molecular formula is C23H25Cl2F2N5O. The van der Waals surface area contributed by atoms with Gasteiger partial charge in [-0.05, 0) is 44.0 Å². The lowest BCUT2D eigenvalue weighted by molar-refractivity contribution is -0.0686. The molecule has 1 aliphatic heterocycles. The quantitative estimate of drug-likeness (QED) is 0.496. The van der Waals surface area contributed by atoms with E-state index in [1.807, 2.05) is 13.0 Å². The van der Waals surface area contributed by atoms with Crippen LogP contribution in [0.1, 0.15) is 25.3 Å². The highest BCUT2D eigenvalue weighted by Crippen LogP contribution is 2.34. The molecule has 4 rings (SSSR count). The van der Waals surface area contributed by atoms with Crippen molar-refractivity contribution in [1.82, 2.24) is 19.7 Å². The van der Waals surface area contributed by atoms with Gasteiger partial charge in [-0.3, -0.25) is 4.90 Å². The number of hydrogen-bond acceptors (Lipinski definition) is 5. The van der Waals surface area contributed by atoms with E-state index < -0.39 is 23.3 Å². The summed E-state index contributed by atoms with van der Waals surface area (Å²) in [5.41, 5.74) is -0.797. The van der Waals surface area contributed by atoms with E-state index in [2.05, 4.69) is 20.3 Å². The largest absolute Gasteiger partial charge is 0.381 e. The monoisotopic (exact) mass is 495 g/mol. The molecule has 2 aromatic carbocycles. The van der Waals surface area contributed by atoms with Crippen LogP contribution < -0.4 is 5.32 Å². The summed E-state index contributed by atoms with van der Waals surface area (Å²) in [6.45, 7) is 3.18. The zero-order chi connectivity index (χ0) is 23.6. The fraction of sp³-hybridized carbons (Fsp3) is 0.391. The zero-order valence-corrected chi connectivity index (χ0v) is 19.6. The number of aliphatic hydroxyl groups is 1. The van der Waals surface area contributed by atoms with Crippen molar-refractivity contribution < 1.29 is 13.9 Å². The zero-order valence-electron chi connectivity index (χ0n) is 18.1. The molecule has 6 nitrogen and oxygen atoms in total. The number of nitrogens with zero attached hydrogens (tertiary/aromatic N) is 4. The molecule has 0 unspecified atom stereocenters. The van der Waals surface area contributed by atoms with Gasteiger partial charge in [0.1, 0.15) is 29.9 Å². The summed E-state index contributed by atoms with van der Waals surface area (Å²) in [5, 5.41) is 20.4. The van der Waals surface area contributed by atoms with E-state index >= 15 is 0 Å². The number of nitrogens with one attached hydrogen (secondary N) is 1. The molecule has 2 N–H and O–H groups in total. The van der Waals surface area contributed by atoms with Crippen molar-refractivity contribution in [2.75, 3.05) is 18.4 Å². The minimum atomic E-state index is -1.65. The summed E-state index contributed by atoms with van der Waals surface area (Å²) in [5.74, 6) is -1.49. The smallest absolute Gasteiger partial charge is 0.137 e. The molecule has 0 amide bonds. The van der Waals surface area contributed by atoms with E-state index in [9.17, 15) is 13.9 Å². The van der Waals surface area contributed by atoms with Crippen molar-refractivity contribution in [2.45, 2.75) is 44.0 Å². The molecule has 2 atom stereocenters. The van der Waals surface area contributed by atoms with Crippen molar-refractivity contribution in [3.8, 4) is 0 Å². The lowest BCUT2D eigenvalue weighted by Gasteiger charge is -2.44. The van der Waals surface area contributed by atoms with Gasteiger partial charge < -0.3 is 10.4 Å². The lowest BCUT2D eigenvalue weighted by atomic mass is 9.84. The van der Waals surface area contributed by atoms with Crippen molar-refractivity contribution in [1.29, 1.82) is 0 Å². The molecule has 0 spiro atoms. The molecule has 1 aromatic heterocycles. The fourth-order valence-corrected chi connectivity index (χ4v) is 4.87. The third-order valence-electron chi connectivity index (χ3n) is 6.33. The van der Waals surface area contributed by atoms with Gasteiger partial charge in [0.05, 0.1) is 17.3 Å². The Morgan fingerprint density at radius 1 is 1.18 bits per heavy atom. The van der Waals surface area contributed by atoms with Crippen LogP contribution in [0.5, 0.6) is 0 Å². The summed E-state index contributed by atoms with van der Waals surface area (Å²) >= 11 is 12.3. The third-order valence-corrected chi connectivity index (χ3v) is 6.87. The fourth-order valence-electron chi connectivity index (χ4n) is 4.40. The summed E-state index contributed by atoms with van der Waals surface area (Å²) in [7, 11) is 0. The first kappa shape index (κ1) is 23.9. The number of anilines is 1. The molecule has 2 heterocycles. The van der Waals surface area contributed by atoms with Crippen LogP contribution in [0.25, 0.3) is 0 Å². The molecule has 33 heavy (non-hydrogen) atoms. The minimum Gasteiger partial charge on any atom is -0.381 e. The summed E-state index contributed by atoms with van der Waals surface area (Å²) in [6.07, 6.45) is 4.42. The second-order valence-corrected chi connectivity index (χ2v) is 9.24. The van der Waals surface area contributed by atoms with Crippen molar-refractivity contribution >= 4 is 28.9 Å². The molecule has 0 bridgehead atoms. The molecule has 3 aromatic rings. The first-order chi connectivity index (χ1) is 15.8. The Morgan fingerprint density at radius 2 is 1.94 bits per heavy atom. The lowest BCUT2D eigenvalue weighted by Crippen LogP contribution is -2.55. The minimum absolute atomic E-state index is 0.0186. The maximum atomic E-state index is 14.8. The van der Waals surface area contributed by atoms with Gasteiger partial charge in [-0.15, -0.1) is 0 Å². The standard InChI is InChI=1S/C23H25Cl2F2N5O/c1-15(31-8-6-18(7-9-31)30-22-5-2-16(24)10-20(22)25)23(33,12-32-14-28-13-29-32)19-4-3-17(26)11-21(19)27/h2-5,10-11,13-15,18,30,33H,6-9,12H2,1H3/t15-,23-/m1/s1. The van der Waals surface area contributed by atoms with Gasteiger partial charge >= 0.3 is 0 Å². The average Bonchev–Trinajstić information content (AvgIpc) is 3.28. The number of hydrogen-bond donors (Lipinski definition) is 2. The molecule has 1 fully saturated rings. The number of piperidine rings is 1. The highest BCUT2D eigenvalue weighted by molar-refractivity contribution is 6.36. The summed E-state index contributed by atoms with van der Waals surface area (Å²) in [6, 6.07) is 8.31. The van der Waals surface area contributed by atoms with Crippen LogP contribution >= 0.6 is 23.2 Å². The van der Waals surface area contributed by atoms with Crippen molar-refractivity contribution in [3.05, 3.63) is 76.3 Å². The first-order valence-electron chi connectivity index (χ1n) is 10.7. The highest BCUT2D eigenvalue weighted by atomic mass is 35.5. The van der Waals surface area contributed by atoms with Crippen molar-refractivity contribution in [3.63, 3.8) is 0 Å². The summed E-state index contributed by atoms with van der Waals surface area (Å²) in [4.78, 5) is 6.03. The number of aromatic nitrogens is 3. The second kappa shape index (κ2) is 9.93. The Bertz CT molecular complexity index is 1090. The Balaban J connectivity index is 1.50. The van der Waals surface area contributed by atoms with Crippen LogP contribution in [0.15, 0.2) is 49.1 Å². The average molecular weight is 496 g/mol.